The molecule has 17 heavy (non-hydrogen) atoms. The van der Waals surface area contributed by atoms with Gasteiger partial charge in [0.1, 0.15) is 5.82 Å². The first-order valence-corrected chi connectivity index (χ1v) is 6.72. The van der Waals surface area contributed by atoms with Gasteiger partial charge in [0.15, 0.2) is 0 Å². The lowest BCUT2D eigenvalue weighted by molar-refractivity contribution is 0.00521. The molecule has 5 heteroatoms. The molecule has 0 bridgehead atoms. The third-order valence-corrected chi connectivity index (χ3v) is 4.33. The van der Waals surface area contributed by atoms with Crippen LogP contribution in [0.3, 0.4) is 0 Å². The first-order valence-electron chi connectivity index (χ1n) is 5.92. The first kappa shape index (κ1) is 11.4. The van der Waals surface area contributed by atoms with Crippen LogP contribution in [0.25, 0.3) is 0 Å². The van der Waals surface area contributed by atoms with Crippen LogP contribution in [0, 0.1) is 12.8 Å². The zero-order chi connectivity index (χ0) is 12.0. The summed E-state index contributed by atoms with van der Waals surface area (Å²) in [4.78, 5) is 4.38. The molecule has 1 aliphatic heterocycles. The molecule has 4 unspecified atom stereocenters. The maximum absolute atomic E-state index is 6.15. The Morgan fingerprint density at radius 3 is 3.18 bits per heavy atom. The number of aryl methyl sites for hydroxylation is 1. The van der Waals surface area contributed by atoms with Crippen LogP contribution in [0.4, 0.5) is 5.82 Å². The molecule has 2 heterocycles. The topological polar surface area (TPSA) is 60.2 Å². The van der Waals surface area contributed by atoms with Crippen LogP contribution in [0.2, 0.25) is 0 Å². The number of hydrogen-bond acceptors (Lipinski definition) is 4. The fourth-order valence-electron chi connectivity index (χ4n) is 2.73. The average Bonchev–Trinajstić information content (AvgIpc) is 2.72. The summed E-state index contributed by atoms with van der Waals surface area (Å²) in [7, 11) is 0. The van der Waals surface area contributed by atoms with E-state index in [1.54, 1.807) is 0 Å². The lowest BCUT2D eigenvalue weighted by Gasteiger charge is -2.45. The second-order valence-corrected chi connectivity index (χ2v) is 5.73. The van der Waals surface area contributed by atoms with Crippen molar-refractivity contribution in [2.75, 3.05) is 11.9 Å². The van der Waals surface area contributed by atoms with Gasteiger partial charge >= 0.3 is 0 Å². The average molecular weight is 298 g/mol. The van der Waals surface area contributed by atoms with E-state index in [9.17, 15) is 0 Å². The molecule has 0 amide bonds. The lowest BCUT2D eigenvalue weighted by Crippen LogP contribution is -2.65. The second-order valence-electron chi connectivity index (χ2n) is 4.88. The highest BCUT2D eigenvalue weighted by atomic mass is 79.9. The Bertz CT molecular complexity index is 440. The van der Waals surface area contributed by atoms with Gasteiger partial charge in [0, 0.05) is 24.8 Å². The molecular weight excluding hydrogens is 282 g/mol. The van der Waals surface area contributed by atoms with E-state index in [1.807, 2.05) is 19.2 Å². The SMILES string of the molecule is Cc1cnc(NC2C(N)C3CCOC32)c(Br)c1. The van der Waals surface area contributed by atoms with Crippen LogP contribution in [-0.4, -0.2) is 29.8 Å². The molecule has 92 valence electrons. The van der Waals surface area contributed by atoms with E-state index in [2.05, 4.69) is 26.2 Å². The van der Waals surface area contributed by atoms with Gasteiger partial charge in [0.05, 0.1) is 16.6 Å². The molecule has 2 fully saturated rings. The van der Waals surface area contributed by atoms with Gasteiger partial charge in [-0.1, -0.05) is 0 Å². The lowest BCUT2D eigenvalue weighted by atomic mass is 9.72. The van der Waals surface area contributed by atoms with Gasteiger partial charge in [-0.15, -0.1) is 0 Å². The molecule has 1 aromatic rings. The summed E-state index contributed by atoms with van der Waals surface area (Å²) in [5.41, 5.74) is 7.28. The van der Waals surface area contributed by atoms with Crippen molar-refractivity contribution in [1.82, 2.24) is 4.98 Å². The molecule has 0 spiro atoms. The van der Waals surface area contributed by atoms with E-state index in [1.165, 1.54) is 0 Å². The van der Waals surface area contributed by atoms with Crippen LogP contribution < -0.4 is 11.1 Å². The Morgan fingerprint density at radius 1 is 1.59 bits per heavy atom. The van der Waals surface area contributed by atoms with Gasteiger partial charge in [-0.05, 0) is 40.9 Å². The predicted molar refractivity (Wildman–Crippen MR) is 69.9 cm³/mol. The predicted octanol–water partition coefficient (Wildman–Crippen LogP) is 1.68. The van der Waals surface area contributed by atoms with Crippen LogP contribution in [0.5, 0.6) is 0 Å². The summed E-state index contributed by atoms with van der Waals surface area (Å²) < 4.78 is 6.66. The standard InChI is InChI=1S/C12H16BrN3O/c1-6-4-8(13)12(15-5-6)16-10-9(14)7-2-3-17-11(7)10/h4-5,7,9-11H,2-3,14H2,1H3,(H,15,16). The summed E-state index contributed by atoms with van der Waals surface area (Å²) in [5, 5.41) is 3.39. The number of aromatic nitrogens is 1. The highest BCUT2D eigenvalue weighted by Crippen LogP contribution is 2.39. The summed E-state index contributed by atoms with van der Waals surface area (Å²) in [6.45, 7) is 2.86. The number of ether oxygens (including phenoxy) is 1. The maximum Gasteiger partial charge on any atom is 0.140 e. The Morgan fingerprint density at radius 2 is 2.41 bits per heavy atom. The van der Waals surface area contributed by atoms with E-state index in [0.29, 0.717) is 5.92 Å². The Hall–Kier alpha value is -0.650. The van der Waals surface area contributed by atoms with Crippen molar-refractivity contribution in [3.63, 3.8) is 0 Å². The normalized spacial score (nSPS) is 35.2. The van der Waals surface area contributed by atoms with Crippen LogP contribution in [0.15, 0.2) is 16.7 Å². The molecule has 1 aliphatic carbocycles. The van der Waals surface area contributed by atoms with Crippen molar-refractivity contribution in [2.24, 2.45) is 11.7 Å². The minimum Gasteiger partial charge on any atom is -0.376 e. The van der Waals surface area contributed by atoms with Crippen molar-refractivity contribution < 1.29 is 4.74 Å². The van der Waals surface area contributed by atoms with E-state index in [4.69, 9.17) is 10.5 Å². The molecule has 4 atom stereocenters. The van der Waals surface area contributed by atoms with Crippen LogP contribution >= 0.6 is 15.9 Å². The van der Waals surface area contributed by atoms with E-state index in [0.717, 1.165) is 28.9 Å². The van der Waals surface area contributed by atoms with Gasteiger partial charge in [0.2, 0.25) is 0 Å². The molecule has 1 saturated heterocycles. The highest BCUT2D eigenvalue weighted by Gasteiger charge is 2.52. The largest absolute Gasteiger partial charge is 0.376 e. The third kappa shape index (κ3) is 1.86. The van der Waals surface area contributed by atoms with Crippen LogP contribution in [0.1, 0.15) is 12.0 Å². The van der Waals surface area contributed by atoms with Gasteiger partial charge in [-0.3, -0.25) is 0 Å². The molecule has 0 aromatic carbocycles. The Labute approximate surface area is 109 Å². The number of anilines is 1. The minimum atomic E-state index is 0.178. The van der Waals surface area contributed by atoms with Gasteiger partial charge in [-0.2, -0.15) is 0 Å². The minimum absolute atomic E-state index is 0.178. The summed E-state index contributed by atoms with van der Waals surface area (Å²) in [5.74, 6) is 1.38. The second kappa shape index (κ2) is 4.23. The number of nitrogens with two attached hydrogens (primary N) is 1. The molecular formula is C12H16BrN3O. The van der Waals surface area contributed by atoms with E-state index in [-0.39, 0.29) is 18.2 Å². The number of rotatable bonds is 2. The third-order valence-electron chi connectivity index (χ3n) is 3.73. The molecule has 4 nitrogen and oxygen atoms in total. The fourth-order valence-corrected chi connectivity index (χ4v) is 3.30. The molecule has 0 radical (unpaired) electrons. The summed E-state index contributed by atoms with van der Waals surface area (Å²) in [6.07, 6.45) is 3.21. The highest BCUT2D eigenvalue weighted by molar-refractivity contribution is 9.10. The molecule has 1 aromatic heterocycles. The van der Waals surface area contributed by atoms with Gasteiger partial charge < -0.3 is 15.8 Å². The van der Waals surface area contributed by atoms with Gasteiger partial charge in [-0.25, -0.2) is 4.98 Å². The molecule has 3 N–H and O–H groups in total. The van der Waals surface area contributed by atoms with Gasteiger partial charge in [0.25, 0.3) is 0 Å². The Kier molecular flexibility index (Phi) is 2.84. The summed E-state index contributed by atoms with van der Waals surface area (Å²) in [6, 6.07) is 2.42. The van der Waals surface area contributed by atoms with Crippen molar-refractivity contribution in [2.45, 2.75) is 31.5 Å². The van der Waals surface area contributed by atoms with Crippen molar-refractivity contribution in [1.29, 1.82) is 0 Å². The number of hydrogen-bond donors (Lipinski definition) is 2. The fraction of sp³-hybridized carbons (Fsp3) is 0.583. The van der Waals surface area contributed by atoms with E-state index < -0.39 is 0 Å². The number of nitrogens with one attached hydrogen (secondary N) is 1. The molecule has 3 rings (SSSR count). The van der Waals surface area contributed by atoms with Crippen molar-refractivity contribution in [3.05, 3.63) is 22.3 Å². The maximum atomic E-state index is 6.15. The number of nitrogens with zero attached hydrogens (tertiary/aromatic N) is 1. The number of pyridine rings is 1. The first-order chi connectivity index (χ1) is 8.16. The Balaban J connectivity index is 1.75. The smallest absolute Gasteiger partial charge is 0.140 e. The zero-order valence-electron chi connectivity index (χ0n) is 9.69. The molecule has 1 saturated carbocycles. The number of halogens is 1. The monoisotopic (exact) mass is 297 g/mol. The quantitative estimate of drug-likeness (QED) is 0.872. The van der Waals surface area contributed by atoms with E-state index >= 15 is 0 Å². The van der Waals surface area contributed by atoms with Crippen molar-refractivity contribution >= 4 is 21.7 Å². The zero-order valence-corrected chi connectivity index (χ0v) is 11.3. The number of fused-ring (bicyclic) bond motifs is 1. The molecule has 2 aliphatic rings. The van der Waals surface area contributed by atoms with Crippen molar-refractivity contribution in [3.8, 4) is 0 Å². The summed E-state index contributed by atoms with van der Waals surface area (Å²) >= 11 is 3.51. The van der Waals surface area contributed by atoms with Crippen LogP contribution in [-0.2, 0) is 4.74 Å².